The number of hydrogen-bond donors (Lipinski definition) is 2. The molecule has 0 saturated heterocycles. The highest BCUT2D eigenvalue weighted by molar-refractivity contribution is 5.66. The van der Waals surface area contributed by atoms with E-state index in [4.69, 9.17) is 10.2 Å². The summed E-state index contributed by atoms with van der Waals surface area (Å²) in [6.07, 6.45) is 2.63. The van der Waals surface area contributed by atoms with E-state index >= 15 is 0 Å². The van der Waals surface area contributed by atoms with Crippen molar-refractivity contribution in [3.05, 3.63) is 11.6 Å². The second kappa shape index (κ2) is 3.64. The Bertz CT molecular complexity index is 162. The largest absolute Gasteiger partial charge is 0.393 e. The van der Waals surface area contributed by atoms with Gasteiger partial charge in [-0.25, -0.2) is 0 Å². The molecule has 1 fully saturated rings. The Balaban J connectivity index is 2.56. The molecule has 2 N–H and O–H groups in total. The zero-order valence-electron chi connectivity index (χ0n) is 6.23. The van der Waals surface area contributed by atoms with Crippen molar-refractivity contribution in [3.63, 3.8) is 0 Å². The first-order chi connectivity index (χ1) is 5.22. The fourth-order valence-electron chi connectivity index (χ4n) is 1.40. The van der Waals surface area contributed by atoms with E-state index in [1.165, 1.54) is 6.08 Å². The Kier molecular flexibility index (Phi) is 2.79. The van der Waals surface area contributed by atoms with Crippen LogP contribution < -0.4 is 0 Å². The minimum absolute atomic E-state index is 0.427. The van der Waals surface area contributed by atoms with Crippen LogP contribution >= 0.6 is 0 Å². The highest BCUT2D eigenvalue weighted by atomic mass is 16.3. The topological polar surface area (TPSA) is 57.5 Å². The number of allylic oxidation sites excluding steroid dienone is 1. The van der Waals surface area contributed by atoms with Gasteiger partial charge in [-0.15, -0.1) is 0 Å². The van der Waals surface area contributed by atoms with Gasteiger partial charge in [0.15, 0.2) is 0 Å². The molecule has 11 heavy (non-hydrogen) atoms. The summed E-state index contributed by atoms with van der Waals surface area (Å²) in [5.74, 6) is 0. The molecule has 1 aliphatic rings. The van der Waals surface area contributed by atoms with Crippen molar-refractivity contribution in [2.75, 3.05) is 0 Å². The van der Waals surface area contributed by atoms with Gasteiger partial charge in [0.2, 0.25) is 0 Å². The third-order valence-corrected chi connectivity index (χ3v) is 1.84. The third-order valence-electron chi connectivity index (χ3n) is 1.84. The fraction of sp³-hybridized carbons (Fsp3) is 0.625. The highest BCUT2D eigenvalue weighted by Crippen LogP contribution is 2.23. The molecule has 0 bridgehead atoms. The van der Waals surface area contributed by atoms with Gasteiger partial charge >= 0.3 is 0 Å². The highest BCUT2D eigenvalue weighted by Gasteiger charge is 2.20. The van der Waals surface area contributed by atoms with Crippen LogP contribution in [0.4, 0.5) is 0 Å². The molecule has 62 valence electrons. The Hall–Kier alpha value is -0.670. The molecule has 1 aliphatic carbocycles. The van der Waals surface area contributed by atoms with Crippen LogP contribution in [0.2, 0.25) is 0 Å². The van der Waals surface area contributed by atoms with Gasteiger partial charge in [0.1, 0.15) is 6.29 Å². The molecule has 0 aromatic heterocycles. The molecule has 1 rings (SSSR count). The summed E-state index contributed by atoms with van der Waals surface area (Å²) in [6, 6.07) is 0. The zero-order valence-corrected chi connectivity index (χ0v) is 6.23. The lowest BCUT2D eigenvalue weighted by Crippen LogP contribution is -2.24. The van der Waals surface area contributed by atoms with Gasteiger partial charge in [0, 0.05) is 0 Å². The van der Waals surface area contributed by atoms with Crippen molar-refractivity contribution in [1.82, 2.24) is 0 Å². The molecule has 3 nitrogen and oxygen atoms in total. The van der Waals surface area contributed by atoms with Crippen LogP contribution in [0.25, 0.3) is 0 Å². The Morgan fingerprint density at radius 2 is 1.82 bits per heavy atom. The van der Waals surface area contributed by atoms with Crippen molar-refractivity contribution < 1.29 is 15.0 Å². The molecule has 0 unspecified atom stereocenters. The number of carbonyl (C=O) groups excluding carboxylic acids is 1. The molecule has 0 amide bonds. The first kappa shape index (κ1) is 8.43. The minimum atomic E-state index is -0.482. The number of aliphatic hydroxyl groups is 2. The maximum atomic E-state index is 10.0. The van der Waals surface area contributed by atoms with Crippen molar-refractivity contribution >= 4 is 6.29 Å². The quantitative estimate of drug-likeness (QED) is 0.415. The standard InChI is InChI=1S/C8H12O3/c9-2-1-6-3-7(10)5-8(11)4-6/h1-2,7-8,10-11H,3-5H2/t7-,8-/m1/s1. The summed E-state index contributed by atoms with van der Waals surface area (Å²) >= 11 is 0. The van der Waals surface area contributed by atoms with Crippen molar-refractivity contribution in [2.45, 2.75) is 31.5 Å². The van der Waals surface area contributed by atoms with E-state index in [1.54, 1.807) is 0 Å². The summed E-state index contributed by atoms with van der Waals surface area (Å²) in [5, 5.41) is 18.3. The van der Waals surface area contributed by atoms with Crippen LogP contribution in [0.3, 0.4) is 0 Å². The molecular formula is C8H12O3. The molecule has 3 heteroatoms. The van der Waals surface area contributed by atoms with Crippen LogP contribution in [0.1, 0.15) is 19.3 Å². The van der Waals surface area contributed by atoms with E-state index in [-0.39, 0.29) is 0 Å². The van der Waals surface area contributed by atoms with Crippen LogP contribution in [-0.2, 0) is 4.79 Å². The normalized spacial score (nSPS) is 31.6. The van der Waals surface area contributed by atoms with Crippen molar-refractivity contribution in [2.24, 2.45) is 0 Å². The number of hydrogen-bond acceptors (Lipinski definition) is 3. The van der Waals surface area contributed by atoms with Gasteiger partial charge in [-0.2, -0.15) is 0 Å². The van der Waals surface area contributed by atoms with Crippen LogP contribution in [0.15, 0.2) is 11.6 Å². The predicted molar refractivity (Wildman–Crippen MR) is 40.0 cm³/mol. The first-order valence-corrected chi connectivity index (χ1v) is 3.71. The summed E-state index contributed by atoms with van der Waals surface area (Å²) in [4.78, 5) is 10.0. The molecule has 1 saturated carbocycles. The van der Waals surface area contributed by atoms with Crippen molar-refractivity contribution in [1.29, 1.82) is 0 Å². The van der Waals surface area contributed by atoms with E-state index in [0.717, 1.165) is 5.57 Å². The molecule has 0 aliphatic heterocycles. The van der Waals surface area contributed by atoms with Gasteiger partial charge < -0.3 is 10.2 Å². The number of rotatable bonds is 1. The molecule has 2 atom stereocenters. The molecule has 0 heterocycles. The van der Waals surface area contributed by atoms with E-state index in [2.05, 4.69) is 0 Å². The fourth-order valence-corrected chi connectivity index (χ4v) is 1.40. The van der Waals surface area contributed by atoms with Gasteiger partial charge in [-0.05, 0) is 25.3 Å². The number of carbonyl (C=O) groups is 1. The lowest BCUT2D eigenvalue weighted by atomic mass is 9.90. The van der Waals surface area contributed by atoms with Crippen LogP contribution in [0, 0.1) is 0 Å². The Morgan fingerprint density at radius 1 is 1.27 bits per heavy atom. The second-order valence-electron chi connectivity index (χ2n) is 2.91. The monoisotopic (exact) mass is 156 g/mol. The average Bonchev–Trinajstić information content (AvgIpc) is 1.85. The predicted octanol–water partition coefficient (Wildman–Crippen LogP) is 0.0174. The summed E-state index contributed by atoms with van der Waals surface area (Å²) in [6.45, 7) is 0. The maximum absolute atomic E-state index is 10.0. The van der Waals surface area contributed by atoms with E-state index in [9.17, 15) is 4.79 Å². The molecule has 0 aromatic carbocycles. The lowest BCUT2D eigenvalue weighted by molar-refractivity contribution is -0.104. The summed E-state index contributed by atoms with van der Waals surface area (Å²) in [7, 11) is 0. The zero-order chi connectivity index (χ0) is 8.27. The Morgan fingerprint density at radius 3 is 2.27 bits per heavy atom. The lowest BCUT2D eigenvalue weighted by Gasteiger charge is -2.23. The summed E-state index contributed by atoms with van der Waals surface area (Å²) in [5.41, 5.74) is 0.839. The van der Waals surface area contributed by atoms with E-state index < -0.39 is 12.2 Å². The SMILES string of the molecule is O=CC=C1C[C@@H](O)C[C@H](O)C1. The van der Waals surface area contributed by atoms with Gasteiger partial charge in [0.25, 0.3) is 0 Å². The maximum Gasteiger partial charge on any atom is 0.142 e. The minimum Gasteiger partial charge on any atom is -0.393 e. The molecule has 0 aromatic rings. The second-order valence-corrected chi connectivity index (χ2v) is 2.91. The van der Waals surface area contributed by atoms with Gasteiger partial charge in [-0.3, -0.25) is 4.79 Å². The van der Waals surface area contributed by atoms with Crippen molar-refractivity contribution in [3.8, 4) is 0 Å². The molecule has 0 radical (unpaired) electrons. The Labute approximate surface area is 65.3 Å². The summed E-state index contributed by atoms with van der Waals surface area (Å²) < 4.78 is 0. The molecular weight excluding hydrogens is 144 g/mol. The van der Waals surface area contributed by atoms with Gasteiger partial charge in [0.05, 0.1) is 12.2 Å². The number of aldehydes is 1. The third kappa shape index (κ3) is 2.44. The average molecular weight is 156 g/mol. The van der Waals surface area contributed by atoms with E-state index in [0.29, 0.717) is 25.5 Å². The van der Waals surface area contributed by atoms with E-state index in [1.807, 2.05) is 0 Å². The van der Waals surface area contributed by atoms with Crippen LogP contribution in [-0.4, -0.2) is 28.7 Å². The van der Waals surface area contributed by atoms with Gasteiger partial charge in [-0.1, -0.05) is 5.57 Å². The molecule has 0 spiro atoms. The smallest absolute Gasteiger partial charge is 0.142 e. The first-order valence-electron chi connectivity index (χ1n) is 3.71. The number of aliphatic hydroxyl groups excluding tert-OH is 2. The van der Waals surface area contributed by atoms with Crippen LogP contribution in [0.5, 0.6) is 0 Å².